The highest BCUT2D eigenvalue weighted by Gasteiger charge is 1.99. The van der Waals surface area contributed by atoms with Crippen LogP contribution < -0.4 is 0 Å². The molecule has 0 fully saturated rings. The average molecular weight is 193 g/mol. The molecule has 0 spiro atoms. The van der Waals surface area contributed by atoms with Crippen molar-refractivity contribution >= 4 is 5.71 Å². The number of nitrogens with zero attached hydrogens (tertiary/aromatic N) is 1. The molecule has 0 saturated heterocycles. The first-order chi connectivity index (χ1) is 6.61. The molecule has 0 aromatic heterocycles. The first-order valence-corrected chi connectivity index (χ1v) is 5.50. The van der Waals surface area contributed by atoms with Gasteiger partial charge in [0.15, 0.2) is 0 Å². The summed E-state index contributed by atoms with van der Waals surface area (Å²) in [6, 6.07) is 0. The van der Waals surface area contributed by atoms with Crippen LogP contribution in [0.15, 0.2) is 29.4 Å². The van der Waals surface area contributed by atoms with Crippen molar-refractivity contribution in [3.8, 4) is 0 Å². The van der Waals surface area contributed by atoms with Crippen LogP contribution in [0.3, 0.4) is 0 Å². The molecule has 0 aromatic carbocycles. The zero-order valence-corrected chi connectivity index (χ0v) is 10.0. The van der Waals surface area contributed by atoms with Gasteiger partial charge in [0, 0.05) is 11.9 Å². The second-order valence-electron chi connectivity index (χ2n) is 3.80. The maximum absolute atomic E-state index is 4.39. The summed E-state index contributed by atoms with van der Waals surface area (Å²) in [5, 5.41) is 0. The molecule has 0 radical (unpaired) electrons. The Hall–Kier alpha value is -0.850. The number of hydrogen-bond donors (Lipinski definition) is 0. The normalized spacial score (nSPS) is 14.7. The summed E-state index contributed by atoms with van der Waals surface area (Å²) in [4.78, 5) is 4.39. The fourth-order valence-electron chi connectivity index (χ4n) is 1.09. The van der Waals surface area contributed by atoms with Crippen molar-refractivity contribution in [3.05, 3.63) is 24.4 Å². The molecular formula is C13H23N. The largest absolute Gasteiger partial charge is 0.266 e. The van der Waals surface area contributed by atoms with Gasteiger partial charge in [0.2, 0.25) is 0 Å². The van der Waals surface area contributed by atoms with Gasteiger partial charge in [-0.25, -0.2) is 0 Å². The first kappa shape index (κ1) is 13.2. The van der Waals surface area contributed by atoms with Crippen LogP contribution in [0, 0.1) is 5.92 Å². The Bertz CT molecular complexity index is 223. The van der Waals surface area contributed by atoms with Crippen LogP contribution in [0.1, 0.15) is 47.0 Å². The molecule has 1 unspecified atom stereocenters. The highest BCUT2D eigenvalue weighted by Crippen LogP contribution is 2.06. The summed E-state index contributed by atoms with van der Waals surface area (Å²) in [6.45, 7) is 12.6. The van der Waals surface area contributed by atoms with Gasteiger partial charge in [-0.15, -0.1) is 0 Å². The molecule has 80 valence electrons. The third-order valence-corrected chi connectivity index (χ3v) is 2.49. The summed E-state index contributed by atoms with van der Waals surface area (Å²) in [5.74, 6) is 0.582. The van der Waals surface area contributed by atoms with Crippen LogP contribution in [-0.2, 0) is 0 Å². The van der Waals surface area contributed by atoms with Crippen molar-refractivity contribution < 1.29 is 0 Å². The van der Waals surface area contributed by atoms with E-state index >= 15 is 0 Å². The minimum atomic E-state index is 0.582. The second-order valence-corrected chi connectivity index (χ2v) is 3.80. The first-order valence-electron chi connectivity index (χ1n) is 5.50. The van der Waals surface area contributed by atoms with Gasteiger partial charge in [-0.2, -0.15) is 0 Å². The summed E-state index contributed by atoms with van der Waals surface area (Å²) in [6.07, 6.45) is 7.25. The van der Waals surface area contributed by atoms with E-state index in [4.69, 9.17) is 0 Å². The van der Waals surface area contributed by atoms with E-state index in [1.54, 1.807) is 0 Å². The molecule has 0 aromatic rings. The molecule has 0 amide bonds. The van der Waals surface area contributed by atoms with E-state index in [2.05, 4.69) is 39.3 Å². The van der Waals surface area contributed by atoms with Crippen molar-refractivity contribution in [1.82, 2.24) is 0 Å². The number of allylic oxidation sites excluding steroid dienone is 2. The Morgan fingerprint density at radius 3 is 2.57 bits per heavy atom. The fraction of sp³-hybridized carbons (Fsp3) is 0.615. The molecule has 1 atom stereocenters. The Kier molecular flexibility index (Phi) is 7.09. The van der Waals surface area contributed by atoms with Crippen molar-refractivity contribution in [2.24, 2.45) is 10.9 Å². The van der Waals surface area contributed by atoms with Gasteiger partial charge in [0.25, 0.3) is 0 Å². The Balaban J connectivity index is 4.07. The van der Waals surface area contributed by atoms with Crippen LogP contribution >= 0.6 is 0 Å². The SMILES string of the molecule is C=C(/C=C\N=C(C)C(C)CC)CCC. The molecule has 0 aliphatic heterocycles. The Morgan fingerprint density at radius 1 is 1.43 bits per heavy atom. The van der Waals surface area contributed by atoms with E-state index in [9.17, 15) is 0 Å². The van der Waals surface area contributed by atoms with Gasteiger partial charge < -0.3 is 0 Å². The Morgan fingerprint density at radius 2 is 2.07 bits per heavy atom. The molecule has 0 bridgehead atoms. The molecule has 0 aliphatic carbocycles. The third-order valence-electron chi connectivity index (χ3n) is 2.49. The van der Waals surface area contributed by atoms with E-state index in [1.165, 1.54) is 5.71 Å². The van der Waals surface area contributed by atoms with Gasteiger partial charge in [0.05, 0.1) is 0 Å². The molecular weight excluding hydrogens is 170 g/mol. The van der Waals surface area contributed by atoms with Crippen LogP contribution in [-0.4, -0.2) is 5.71 Å². The molecule has 0 N–H and O–H groups in total. The standard InChI is InChI=1S/C13H23N/c1-6-8-11(3)9-10-14-13(5)12(4)7-2/h9-10,12H,3,6-8H2,1-2,4-5H3/b10-9-,14-13?. The van der Waals surface area contributed by atoms with Crippen molar-refractivity contribution in [1.29, 1.82) is 0 Å². The zero-order chi connectivity index (χ0) is 11.0. The predicted molar refractivity (Wildman–Crippen MR) is 65.8 cm³/mol. The van der Waals surface area contributed by atoms with Gasteiger partial charge in [0.1, 0.15) is 0 Å². The molecule has 0 saturated carbocycles. The lowest BCUT2D eigenvalue weighted by atomic mass is 10.0. The molecule has 14 heavy (non-hydrogen) atoms. The zero-order valence-electron chi connectivity index (χ0n) is 10.0. The van der Waals surface area contributed by atoms with Crippen LogP contribution in [0.4, 0.5) is 0 Å². The van der Waals surface area contributed by atoms with Crippen LogP contribution in [0.5, 0.6) is 0 Å². The van der Waals surface area contributed by atoms with Gasteiger partial charge in [-0.3, -0.25) is 4.99 Å². The Labute approximate surface area is 88.6 Å². The summed E-state index contributed by atoms with van der Waals surface area (Å²) in [5.41, 5.74) is 2.36. The minimum absolute atomic E-state index is 0.582. The molecule has 0 heterocycles. The second kappa shape index (κ2) is 7.54. The number of rotatable bonds is 6. The van der Waals surface area contributed by atoms with Gasteiger partial charge in [-0.1, -0.05) is 39.3 Å². The predicted octanol–water partition coefficient (Wildman–Crippen LogP) is 4.36. The van der Waals surface area contributed by atoms with Crippen LogP contribution in [0.25, 0.3) is 0 Å². The number of aliphatic imine (C=N–C) groups is 1. The van der Waals surface area contributed by atoms with E-state index in [0.29, 0.717) is 5.92 Å². The molecule has 1 nitrogen and oxygen atoms in total. The van der Waals surface area contributed by atoms with Gasteiger partial charge in [-0.05, 0) is 31.8 Å². The van der Waals surface area contributed by atoms with Crippen LogP contribution in [0.2, 0.25) is 0 Å². The summed E-state index contributed by atoms with van der Waals surface area (Å²) in [7, 11) is 0. The fourth-order valence-corrected chi connectivity index (χ4v) is 1.09. The molecule has 0 aliphatic rings. The third kappa shape index (κ3) is 5.74. The lowest BCUT2D eigenvalue weighted by Gasteiger charge is -2.05. The van der Waals surface area contributed by atoms with Crippen molar-refractivity contribution in [3.63, 3.8) is 0 Å². The highest BCUT2D eigenvalue weighted by molar-refractivity contribution is 5.84. The highest BCUT2D eigenvalue weighted by atomic mass is 14.7. The lowest BCUT2D eigenvalue weighted by molar-refractivity contribution is 0.736. The number of hydrogen-bond acceptors (Lipinski definition) is 1. The monoisotopic (exact) mass is 193 g/mol. The summed E-state index contributed by atoms with van der Waals surface area (Å²) < 4.78 is 0. The maximum Gasteiger partial charge on any atom is 0.0269 e. The van der Waals surface area contributed by atoms with Crippen molar-refractivity contribution in [2.45, 2.75) is 47.0 Å². The minimum Gasteiger partial charge on any atom is -0.266 e. The van der Waals surface area contributed by atoms with E-state index in [1.807, 2.05) is 12.3 Å². The van der Waals surface area contributed by atoms with Crippen molar-refractivity contribution in [2.75, 3.05) is 0 Å². The topological polar surface area (TPSA) is 12.4 Å². The van der Waals surface area contributed by atoms with Gasteiger partial charge >= 0.3 is 0 Å². The average Bonchev–Trinajstić information content (AvgIpc) is 2.16. The molecule has 1 heteroatoms. The van der Waals surface area contributed by atoms with E-state index < -0.39 is 0 Å². The lowest BCUT2D eigenvalue weighted by Crippen LogP contribution is -2.04. The molecule has 0 rings (SSSR count). The smallest absolute Gasteiger partial charge is 0.0269 e. The summed E-state index contributed by atoms with van der Waals surface area (Å²) >= 11 is 0. The van der Waals surface area contributed by atoms with E-state index in [-0.39, 0.29) is 0 Å². The van der Waals surface area contributed by atoms with E-state index in [0.717, 1.165) is 24.8 Å². The quantitative estimate of drug-likeness (QED) is 0.439. The maximum atomic E-state index is 4.39.